The van der Waals surface area contributed by atoms with Gasteiger partial charge in [-0.05, 0) is 84.9 Å². The Hall–Kier alpha value is -4.45. The molecule has 4 aromatic rings. The Morgan fingerprint density at radius 1 is 1.05 bits per heavy atom. The predicted octanol–water partition coefficient (Wildman–Crippen LogP) is 6.89. The summed E-state index contributed by atoms with van der Waals surface area (Å²) in [5.41, 5.74) is 5.52. The van der Waals surface area contributed by atoms with Gasteiger partial charge in [0.25, 0.3) is 0 Å². The molecule has 0 aliphatic carbocycles. The van der Waals surface area contributed by atoms with E-state index in [1.807, 2.05) is 43.3 Å². The van der Waals surface area contributed by atoms with Gasteiger partial charge in [0.2, 0.25) is 0 Å². The fourth-order valence-electron chi connectivity index (χ4n) is 4.22. The molecular weight excluding hydrogens is 565 g/mol. The van der Waals surface area contributed by atoms with Crippen molar-refractivity contribution >= 4 is 29.0 Å². The summed E-state index contributed by atoms with van der Waals surface area (Å²) in [6.07, 6.45) is -1.78. The first-order chi connectivity index (χ1) is 20.0. The van der Waals surface area contributed by atoms with E-state index in [-0.39, 0.29) is 16.9 Å². The number of thiocarbonyl (C=S) groups is 1. The highest BCUT2D eigenvalue weighted by molar-refractivity contribution is 7.80. The number of nitrogens with one attached hydrogen (secondary N) is 3. The number of aryl methyl sites for hydroxylation is 2. The number of anilines is 1. The summed E-state index contributed by atoms with van der Waals surface area (Å²) in [7, 11) is 0. The molecule has 1 heterocycles. The Labute approximate surface area is 247 Å². The van der Waals surface area contributed by atoms with Crippen LogP contribution in [0, 0.1) is 6.92 Å². The van der Waals surface area contributed by atoms with Crippen LogP contribution in [0.4, 0.5) is 23.7 Å². The average molecular weight is 597 g/mol. The van der Waals surface area contributed by atoms with Gasteiger partial charge in [-0.3, -0.25) is 5.32 Å². The number of hydrogen-bond donors (Lipinski definition) is 3. The van der Waals surface area contributed by atoms with Crippen LogP contribution in [0.2, 0.25) is 0 Å². The molecule has 1 aromatic heterocycles. The van der Waals surface area contributed by atoms with Crippen molar-refractivity contribution in [2.75, 3.05) is 11.9 Å². The molecule has 2 amide bonds. The Bertz CT molecular complexity index is 1520. The van der Waals surface area contributed by atoms with Crippen LogP contribution in [0.3, 0.4) is 0 Å². The van der Waals surface area contributed by atoms with Gasteiger partial charge in [0, 0.05) is 17.8 Å². The van der Waals surface area contributed by atoms with Crippen molar-refractivity contribution < 1.29 is 22.7 Å². The highest BCUT2D eigenvalue weighted by Gasteiger charge is 2.31. The molecule has 12 heteroatoms. The van der Waals surface area contributed by atoms with Gasteiger partial charge in [0.1, 0.15) is 12.1 Å². The Morgan fingerprint density at radius 2 is 1.76 bits per heavy atom. The zero-order valence-electron chi connectivity index (χ0n) is 23.3. The van der Waals surface area contributed by atoms with Crippen LogP contribution in [-0.2, 0) is 6.42 Å². The van der Waals surface area contributed by atoms with E-state index < -0.39 is 6.36 Å². The number of aromatic nitrogens is 3. The van der Waals surface area contributed by atoms with Crippen LogP contribution in [0.25, 0.3) is 17.1 Å². The quantitative estimate of drug-likeness (QED) is 0.144. The lowest BCUT2D eigenvalue weighted by Gasteiger charge is -2.16. The van der Waals surface area contributed by atoms with Gasteiger partial charge in [0.15, 0.2) is 10.9 Å². The first-order valence-corrected chi connectivity index (χ1v) is 13.7. The van der Waals surface area contributed by atoms with E-state index in [1.54, 1.807) is 0 Å². The number of carbonyl (C=O) groups is 1. The molecule has 3 aromatic carbocycles. The number of benzene rings is 3. The Kier molecular flexibility index (Phi) is 9.79. The number of urea groups is 1. The normalized spacial score (nSPS) is 11.3. The predicted molar refractivity (Wildman–Crippen MR) is 160 cm³/mol. The molecule has 0 bridgehead atoms. The van der Waals surface area contributed by atoms with Crippen LogP contribution < -0.4 is 20.7 Å². The molecule has 0 spiro atoms. The summed E-state index contributed by atoms with van der Waals surface area (Å²) in [5, 5.41) is 13.3. The molecule has 0 saturated carbocycles. The maximum Gasteiger partial charge on any atom is 0.573 e. The van der Waals surface area contributed by atoms with E-state index in [1.165, 1.54) is 35.3 Å². The standard InChI is InChI=1S/C30H31F3N6O2S/c1-19(2)25-15-6-20(3)17-26(25)36-29(42)37-28(40)34-16-4-5-21-7-9-22(10-8-21)27-35-18-39(38-27)23-11-13-24(14-12-23)41-30(31,32)33/h6-15,17-19H,4-5,16H2,1-3H3,(H3,34,36,37,40,42). The first-order valence-electron chi connectivity index (χ1n) is 13.3. The smallest absolute Gasteiger partial charge is 0.406 e. The fourth-order valence-corrected chi connectivity index (χ4v) is 4.42. The second kappa shape index (κ2) is 13.5. The van der Waals surface area contributed by atoms with Gasteiger partial charge in [0.05, 0.1) is 5.69 Å². The van der Waals surface area contributed by atoms with E-state index in [9.17, 15) is 18.0 Å². The summed E-state index contributed by atoms with van der Waals surface area (Å²) in [6, 6.07) is 18.8. The molecule has 0 fully saturated rings. The zero-order chi connectivity index (χ0) is 30.3. The number of nitrogens with zero attached hydrogens (tertiary/aromatic N) is 3. The van der Waals surface area contributed by atoms with Gasteiger partial charge < -0.3 is 15.4 Å². The third-order valence-corrected chi connectivity index (χ3v) is 6.48. The molecule has 4 rings (SSSR count). The van der Waals surface area contributed by atoms with Crippen LogP contribution in [0.5, 0.6) is 5.75 Å². The number of alkyl halides is 3. The van der Waals surface area contributed by atoms with E-state index in [4.69, 9.17) is 12.2 Å². The number of amides is 2. The van der Waals surface area contributed by atoms with E-state index in [0.717, 1.165) is 40.8 Å². The summed E-state index contributed by atoms with van der Waals surface area (Å²) in [4.78, 5) is 16.6. The van der Waals surface area contributed by atoms with E-state index in [0.29, 0.717) is 24.0 Å². The first kappa shape index (κ1) is 30.5. The molecular formula is C30H31F3N6O2S. The number of ether oxygens (including phenoxy) is 1. The van der Waals surface area contributed by atoms with Gasteiger partial charge in [-0.25, -0.2) is 14.5 Å². The summed E-state index contributed by atoms with van der Waals surface area (Å²) >= 11 is 5.32. The third kappa shape index (κ3) is 8.77. The van der Waals surface area contributed by atoms with Crippen molar-refractivity contribution in [2.45, 2.75) is 45.9 Å². The molecule has 0 atom stereocenters. The Morgan fingerprint density at radius 3 is 2.43 bits per heavy atom. The van der Waals surface area contributed by atoms with Crippen molar-refractivity contribution in [1.29, 1.82) is 0 Å². The topological polar surface area (TPSA) is 93.1 Å². The van der Waals surface area contributed by atoms with Crippen molar-refractivity contribution in [3.63, 3.8) is 0 Å². The molecule has 0 saturated heterocycles. The van der Waals surface area contributed by atoms with E-state index >= 15 is 0 Å². The highest BCUT2D eigenvalue weighted by atomic mass is 32.1. The van der Waals surface area contributed by atoms with Crippen LogP contribution in [0.1, 0.15) is 42.9 Å². The van der Waals surface area contributed by atoms with Crippen molar-refractivity contribution in [3.8, 4) is 22.8 Å². The van der Waals surface area contributed by atoms with Crippen molar-refractivity contribution in [2.24, 2.45) is 0 Å². The SMILES string of the molecule is Cc1ccc(C(C)C)c(NC(=S)NC(=O)NCCCc2ccc(-c3ncn(-c4ccc(OC(F)(F)F)cc4)n3)cc2)c1. The Balaban J connectivity index is 1.22. The van der Waals surface area contributed by atoms with Gasteiger partial charge in [-0.2, -0.15) is 0 Å². The molecule has 0 aliphatic heterocycles. The van der Waals surface area contributed by atoms with Crippen LogP contribution in [-0.4, -0.2) is 38.8 Å². The minimum Gasteiger partial charge on any atom is -0.406 e. The van der Waals surface area contributed by atoms with E-state index in [2.05, 4.69) is 50.7 Å². The molecule has 0 radical (unpaired) electrons. The second-order valence-electron chi connectivity index (χ2n) is 9.94. The van der Waals surface area contributed by atoms with Crippen LogP contribution >= 0.6 is 12.2 Å². The highest BCUT2D eigenvalue weighted by Crippen LogP contribution is 2.26. The van der Waals surface area contributed by atoms with Crippen LogP contribution in [0.15, 0.2) is 73.1 Å². The maximum atomic E-state index is 12.4. The monoisotopic (exact) mass is 596 g/mol. The number of rotatable bonds is 9. The largest absolute Gasteiger partial charge is 0.573 e. The average Bonchev–Trinajstić information content (AvgIpc) is 3.41. The fraction of sp³-hybridized carbons (Fsp3) is 0.267. The van der Waals surface area contributed by atoms with Gasteiger partial charge in [-0.1, -0.05) is 50.2 Å². The van der Waals surface area contributed by atoms with Gasteiger partial charge >= 0.3 is 12.4 Å². The maximum absolute atomic E-state index is 12.4. The minimum absolute atomic E-state index is 0.235. The molecule has 3 N–H and O–H groups in total. The molecule has 0 unspecified atom stereocenters. The lowest BCUT2D eigenvalue weighted by atomic mass is 9.99. The molecule has 0 aliphatic rings. The summed E-state index contributed by atoms with van der Waals surface area (Å²) < 4.78 is 42.5. The molecule has 42 heavy (non-hydrogen) atoms. The lowest BCUT2D eigenvalue weighted by Crippen LogP contribution is -2.42. The summed E-state index contributed by atoms with van der Waals surface area (Å²) in [5.74, 6) is 0.478. The van der Waals surface area contributed by atoms with Gasteiger partial charge in [-0.15, -0.1) is 18.3 Å². The number of halogens is 3. The van der Waals surface area contributed by atoms with Crippen molar-refractivity contribution in [1.82, 2.24) is 25.4 Å². The third-order valence-electron chi connectivity index (χ3n) is 6.27. The number of carbonyl (C=O) groups excluding carboxylic acids is 1. The second-order valence-corrected chi connectivity index (χ2v) is 10.3. The molecule has 8 nitrogen and oxygen atoms in total. The molecule has 220 valence electrons. The zero-order valence-corrected chi connectivity index (χ0v) is 24.1. The van der Waals surface area contributed by atoms with Crippen molar-refractivity contribution in [3.05, 3.63) is 89.7 Å². The summed E-state index contributed by atoms with van der Waals surface area (Å²) in [6.45, 7) is 6.67. The minimum atomic E-state index is -4.74. The lowest BCUT2D eigenvalue weighted by molar-refractivity contribution is -0.274. The number of hydrogen-bond acceptors (Lipinski definition) is 5.